The molecule has 2 heterocycles. The third kappa shape index (κ3) is 3.12. The van der Waals surface area contributed by atoms with E-state index >= 15 is 0 Å². The number of hydrogen-bond acceptors (Lipinski definition) is 4. The third-order valence-corrected chi connectivity index (χ3v) is 3.37. The number of hydrogen-bond donors (Lipinski definition) is 2. The average molecular weight is 297 g/mol. The van der Waals surface area contributed by atoms with E-state index in [1.807, 2.05) is 43.3 Å². The predicted octanol–water partition coefficient (Wildman–Crippen LogP) is 1.24. The quantitative estimate of drug-likeness (QED) is 0.695. The van der Waals surface area contributed by atoms with Gasteiger partial charge in [-0.3, -0.25) is 9.51 Å². The number of aromatic nitrogens is 3. The van der Waals surface area contributed by atoms with Crippen LogP contribution in [0.15, 0.2) is 58.1 Å². The monoisotopic (exact) mass is 297 g/mol. The predicted molar refractivity (Wildman–Crippen MR) is 80.4 cm³/mol. The summed E-state index contributed by atoms with van der Waals surface area (Å²) in [4.78, 5) is 15.9. The van der Waals surface area contributed by atoms with Crippen LogP contribution in [0.3, 0.4) is 0 Å². The fourth-order valence-electron chi connectivity index (χ4n) is 2.17. The van der Waals surface area contributed by atoms with Gasteiger partial charge in [-0.15, -0.1) is 0 Å². The van der Waals surface area contributed by atoms with Gasteiger partial charge in [-0.25, -0.2) is 4.79 Å². The molecule has 0 fully saturated rings. The second-order valence-corrected chi connectivity index (χ2v) is 5.06. The van der Waals surface area contributed by atoms with Crippen LogP contribution in [-0.2, 0) is 13.1 Å². The van der Waals surface area contributed by atoms with Gasteiger partial charge in [-0.05, 0) is 28.5 Å². The van der Waals surface area contributed by atoms with Crippen LogP contribution in [0.25, 0.3) is 5.69 Å². The molecule has 0 aliphatic carbocycles. The summed E-state index contributed by atoms with van der Waals surface area (Å²) in [6, 6.07) is 11.7. The molecule has 22 heavy (non-hydrogen) atoms. The molecule has 0 atom stereocenters. The van der Waals surface area contributed by atoms with Gasteiger partial charge in [0.1, 0.15) is 0 Å². The smallest absolute Gasteiger partial charge is 0.303 e. The van der Waals surface area contributed by atoms with Crippen molar-refractivity contribution in [2.24, 2.45) is 0 Å². The Labute approximate surface area is 127 Å². The molecular formula is C16H17N4O2+. The van der Waals surface area contributed by atoms with Gasteiger partial charge < -0.3 is 5.32 Å². The Bertz CT molecular complexity index is 791. The molecular weight excluding hydrogens is 280 g/mol. The van der Waals surface area contributed by atoms with Gasteiger partial charge in [0.15, 0.2) is 0 Å². The molecule has 0 unspecified atom stereocenters. The summed E-state index contributed by atoms with van der Waals surface area (Å²) in [6.45, 7) is 3.05. The molecule has 6 heteroatoms. The first-order valence-corrected chi connectivity index (χ1v) is 7.03. The van der Waals surface area contributed by atoms with Crippen molar-refractivity contribution >= 4 is 0 Å². The summed E-state index contributed by atoms with van der Waals surface area (Å²) >= 11 is 0. The molecule has 3 aromatic rings. The van der Waals surface area contributed by atoms with E-state index in [9.17, 15) is 4.79 Å². The second-order valence-electron chi connectivity index (χ2n) is 5.06. The molecule has 1 aromatic carbocycles. The molecule has 2 aromatic heterocycles. The number of rotatable bonds is 5. The number of H-pyrrole nitrogens is 1. The Morgan fingerprint density at radius 1 is 1.23 bits per heavy atom. The van der Waals surface area contributed by atoms with E-state index in [1.165, 1.54) is 0 Å². The molecule has 0 amide bonds. The molecule has 0 saturated heterocycles. The number of aryl methyl sites for hydroxylation is 1. The first kappa shape index (κ1) is 14.2. The fraction of sp³-hybridized carbons (Fsp3) is 0.188. The maximum absolute atomic E-state index is 11.9. The lowest BCUT2D eigenvalue weighted by Gasteiger charge is -2.00. The zero-order valence-corrected chi connectivity index (χ0v) is 12.2. The van der Waals surface area contributed by atoms with E-state index in [0.29, 0.717) is 18.8 Å². The highest BCUT2D eigenvalue weighted by Gasteiger charge is 2.22. The third-order valence-electron chi connectivity index (χ3n) is 3.37. The first-order chi connectivity index (χ1) is 10.7. The minimum atomic E-state index is -0.376. The Hall–Kier alpha value is -2.73. The number of aromatic amines is 1. The van der Waals surface area contributed by atoms with E-state index in [-0.39, 0.29) is 5.63 Å². The van der Waals surface area contributed by atoms with Crippen molar-refractivity contribution < 1.29 is 9.20 Å². The second kappa shape index (κ2) is 6.36. The Morgan fingerprint density at radius 3 is 2.77 bits per heavy atom. The minimum Gasteiger partial charge on any atom is -0.303 e. The highest BCUT2D eigenvalue weighted by atomic mass is 16.5. The van der Waals surface area contributed by atoms with E-state index in [4.69, 9.17) is 4.52 Å². The number of pyridine rings is 1. The van der Waals surface area contributed by atoms with Crippen molar-refractivity contribution in [1.29, 1.82) is 0 Å². The van der Waals surface area contributed by atoms with Gasteiger partial charge in [-0.2, -0.15) is 0 Å². The maximum atomic E-state index is 11.9. The van der Waals surface area contributed by atoms with Crippen LogP contribution >= 0.6 is 0 Å². The van der Waals surface area contributed by atoms with Crippen LogP contribution in [0.1, 0.15) is 16.8 Å². The lowest BCUT2D eigenvalue weighted by Crippen LogP contribution is -2.40. The molecule has 2 N–H and O–H groups in total. The molecule has 112 valence electrons. The summed E-state index contributed by atoms with van der Waals surface area (Å²) in [5.41, 5.74) is 3.22. The van der Waals surface area contributed by atoms with Crippen LogP contribution in [0, 0.1) is 6.92 Å². The molecule has 0 spiro atoms. The van der Waals surface area contributed by atoms with Gasteiger partial charge in [0, 0.05) is 31.1 Å². The molecule has 6 nitrogen and oxygen atoms in total. The van der Waals surface area contributed by atoms with E-state index < -0.39 is 0 Å². The molecule has 0 aliphatic heterocycles. The van der Waals surface area contributed by atoms with E-state index in [1.54, 1.807) is 17.1 Å². The normalized spacial score (nSPS) is 10.8. The Balaban J connectivity index is 1.75. The zero-order chi connectivity index (χ0) is 15.4. The van der Waals surface area contributed by atoms with Crippen LogP contribution in [0.2, 0.25) is 0 Å². The highest BCUT2D eigenvalue weighted by Crippen LogP contribution is 2.03. The molecule has 0 radical (unpaired) electrons. The average Bonchev–Trinajstić information content (AvgIpc) is 2.90. The highest BCUT2D eigenvalue weighted by molar-refractivity contribution is 5.26. The summed E-state index contributed by atoms with van der Waals surface area (Å²) in [6.07, 6.45) is 3.52. The molecule has 0 bridgehead atoms. The molecule has 3 rings (SSSR count). The van der Waals surface area contributed by atoms with E-state index in [2.05, 4.69) is 15.6 Å². The summed E-state index contributed by atoms with van der Waals surface area (Å²) < 4.78 is 6.56. The number of nitrogens with one attached hydrogen (secondary N) is 2. The van der Waals surface area contributed by atoms with Crippen LogP contribution < -0.4 is 15.6 Å². The Morgan fingerprint density at radius 2 is 2.05 bits per heavy atom. The maximum Gasteiger partial charge on any atom is 0.431 e. The van der Waals surface area contributed by atoms with Gasteiger partial charge in [0.05, 0.1) is 6.54 Å². The molecule has 0 aliphatic rings. The van der Waals surface area contributed by atoms with Crippen LogP contribution in [0.4, 0.5) is 0 Å². The minimum absolute atomic E-state index is 0.376. The first-order valence-electron chi connectivity index (χ1n) is 7.03. The van der Waals surface area contributed by atoms with Gasteiger partial charge in [0.2, 0.25) is 5.69 Å². The van der Waals surface area contributed by atoms with Crippen LogP contribution in [0.5, 0.6) is 0 Å². The summed E-state index contributed by atoms with van der Waals surface area (Å²) in [7, 11) is 0. The summed E-state index contributed by atoms with van der Waals surface area (Å²) in [5, 5.41) is 5.86. The number of benzene rings is 1. The lowest BCUT2D eigenvalue weighted by atomic mass is 10.2. The van der Waals surface area contributed by atoms with Crippen molar-refractivity contribution in [2.45, 2.75) is 20.0 Å². The van der Waals surface area contributed by atoms with Crippen molar-refractivity contribution in [3.8, 4) is 5.69 Å². The van der Waals surface area contributed by atoms with Crippen LogP contribution in [-0.4, -0.2) is 10.3 Å². The van der Waals surface area contributed by atoms with E-state index in [0.717, 1.165) is 16.8 Å². The largest absolute Gasteiger partial charge is 0.431 e. The SMILES string of the molecule is Cc1ccc(-[n+]2[nH]oc(=O)c2CNCc2cccnc2)cc1. The fourth-order valence-corrected chi connectivity index (χ4v) is 2.17. The topological polar surface area (TPSA) is 74.8 Å². The lowest BCUT2D eigenvalue weighted by molar-refractivity contribution is -0.677. The van der Waals surface area contributed by atoms with Crippen molar-refractivity contribution in [2.75, 3.05) is 0 Å². The summed E-state index contributed by atoms with van der Waals surface area (Å²) in [5.74, 6) is 0. The Kier molecular flexibility index (Phi) is 4.11. The van der Waals surface area contributed by atoms with Crippen molar-refractivity contribution in [1.82, 2.24) is 15.6 Å². The zero-order valence-electron chi connectivity index (χ0n) is 12.2. The number of nitrogens with zero attached hydrogens (tertiary/aromatic N) is 2. The van der Waals surface area contributed by atoms with Gasteiger partial charge >= 0.3 is 11.3 Å². The standard InChI is InChI=1S/C16H16N4O2/c1-12-4-6-14(7-5-12)20-15(16(21)22-19-20)11-18-10-13-3-2-8-17-9-13/h2-9,18H,10-11H2,1H3/p+1. The van der Waals surface area contributed by atoms with Gasteiger partial charge in [0.25, 0.3) is 0 Å². The molecule has 0 saturated carbocycles. The van der Waals surface area contributed by atoms with Crippen molar-refractivity contribution in [3.05, 3.63) is 76.0 Å². The van der Waals surface area contributed by atoms with Crippen molar-refractivity contribution in [3.63, 3.8) is 0 Å². The van der Waals surface area contributed by atoms with Gasteiger partial charge in [-0.1, -0.05) is 23.8 Å².